The van der Waals surface area contributed by atoms with Crippen LogP contribution in [0.2, 0.25) is 0 Å². The van der Waals surface area contributed by atoms with Gasteiger partial charge in [0.25, 0.3) is 0 Å². The highest BCUT2D eigenvalue weighted by Gasteiger charge is 2.01. The third-order valence-electron chi connectivity index (χ3n) is 3.67. The Morgan fingerprint density at radius 3 is 2.67 bits per heavy atom. The molecule has 120 valence electrons. The molecule has 2 aromatic carbocycles. The summed E-state index contributed by atoms with van der Waals surface area (Å²) >= 11 is 0. The van der Waals surface area contributed by atoms with Crippen molar-refractivity contribution in [3.05, 3.63) is 89.8 Å². The van der Waals surface area contributed by atoms with Gasteiger partial charge in [-0.05, 0) is 30.2 Å². The van der Waals surface area contributed by atoms with Gasteiger partial charge in [-0.2, -0.15) is 5.10 Å². The number of carbonyl (C=O) groups is 1. The molecule has 0 radical (unpaired) electrons. The van der Waals surface area contributed by atoms with E-state index in [1.54, 1.807) is 12.3 Å². The van der Waals surface area contributed by atoms with Crippen LogP contribution in [-0.2, 0) is 11.3 Å². The summed E-state index contributed by atoms with van der Waals surface area (Å²) in [6, 6.07) is 17.8. The maximum absolute atomic E-state index is 12.0. The van der Waals surface area contributed by atoms with E-state index in [2.05, 4.69) is 22.5 Å². The monoisotopic (exact) mass is 317 g/mol. The van der Waals surface area contributed by atoms with Gasteiger partial charge in [-0.3, -0.25) is 9.48 Å². The largest absolute Gasteiger partial charge is 0.322 e. The molecule has 0 saturated carbocycles. The Labute approximate surface area is 141 Å². The predicted octanol–water partition coefficient (Wildman–Crippen LogP) is 3.89. The number of hydrogen-bond donors (Lipinski definition) is 1. The van der Waals surface area contributed by atoms with E-state index in [1.807, 2.05) is 60.3 Å². The van der Waals surface area contributed by atoms with Crippen molar-refractivity contribution in [3.8, 4) is 0 Å². The van der Waals surface area contributed by atoms with Crippen molar-refractivity contribution >= 4 is 17.7 Å². The normalized spacial score (nSPS) is 10.9. The number of carbonyl (C=O) groups excluding carboxylic acids is 1. The minimum absolute atomic E-state index is 0.153. The van der Waals surface area contributed by atoms with Crippen LogP contribution >= 0.6 is 0 Å². The van der Waals surface area contributed by atoms with Crippen molar-refractivity contribution in [2.45, 2.75) is 13.5 Å². The average molecular weight is 317 g/mol. The summed E-state index contributed by atoms with van der Waals surface area (Å²) in [4.78, 5) is 12.0. The number of hydrogen-bond acceptors (Lipinski definition) is 2. The number of aromatic nitrogens is 2. The van der Waals surface area contributed by atoms with Crippen molar-refractivity contribution < 1.29 is 4.79 Å². The van der Waals surface area contributed by atoms with Gasteiger partial charge in [-0.25, -0.2) is 0 Å². The second kappa shape index (κ2) is 7.42. The summed E-state index contributed by atoms with van der Waals surface area (Å²) in [5.41, 5.74) is 3.95. The first-order chi connectivity index (χ1) is 11.7. The third kappa shape index (κ3) is 4.20. The molecule has 0 unspecified atom stereocenters. The van der Waals surface area contributed by atoms with Crippen LogP contribution in [0.25, 0.3) is 6.08 Å². The van der Waals surface area contributed by atoms with Gasteiger partial charge in [0, 0.05) is 23.5 Å². The fraction of sp³-hybridized carbons (Fsp3) is 0.100. The van der Waals surface area contributed by atoms with Crippen molar-refractivity contribution in [1.82, 2.24) is 9.78 Å². The van der Waals surface area contributed by atoms with E-state index in [4.69, 9.17) is 0 Å². The lowest BCUT2D eigenvalue weighted by molar-refractivity contribution is -0.111. The molecule has 0 aliphatic heterocycles. The van der Waals surface area contributed by atoms with Crippen LogP contribution in [-0.4, -0.2) is 15.7 Å². The van der Waals surface area contributed by atoms with Gasteiger partial charge in [-0.1, -0.05) is 48.5 Å². The Hall–Kier alpha value is -3.14. The van der Waals surface area contributed by atoms with Gasteiger partial charge < -0.3 is 5.32 Å². The van der Waals surface area contributed by atoms with E-state index in [0.717, 1.165) is 16.8 Å². The molecule has 24 heavy (non-hydrogen) atoms. The Balaban J connectivity index is 1.61. The molecule has 1 N–H and O–H groups in total. The van der Waals surface area contributed by atoms with E-state index in [0.29, 0.717) is 6.54 Å². The summed E-state index contributed by atoms with van der Waals surface area (Å²) in [5.74, 6) is -0.153. The minimum Gasteiger partial charge on any atom is -0.322 e. The molecular weight excluding hydrogens is 298 g/mol. The molecule has 0 bridgehead atoms. The summed E-state index contributed by atoms with van der Waals surface area (Å²) < 4.78 is 1.86. The maximum atomic E-state index is 12.0. The first-order valence-corrected chi connectivity index (χ1v) is 7.82. The summed E-state index contributed by atoms with van der Waals surface area (Å²) in [5, 5.41) is 7.20. The highest BCUT2D eigenvalue weighted by molar-refractivity contribution is 6.02. The second-order valence-corrected chi connectivity index (χ2v) is 5.59. The topological polar surface area (TPSA) is 46.9 Å². The summed E-state index contributed by atoms with van der Waals surface area (Å²) in [6.45, 7) is 2.68. The van der Waals surface area contributed by atoms with Crippen molar-refractivity contribution in [2.75, 3.05) is 5.32 Å². The van der Waals surface area contributed by atoms with Gasteiger partial charge in [0.05, 0.1) is 12.7 Å². The molecule has 3 rings (SSSR count). The molecule has 0 fully saturated rings. The number of anilines is 1. The first kappa shape index (κ1) is 15.7. The average Bonchev–Trinajstić information content (AvgIpc) is 3.03. The van der Waals surface area contributed by atoms with Crippen LogP contribution in [0.4, 0.5) is 5.69 Å². The molecule has 0 spiro atoms. The number of aryl methyl sites for hydroxylation is 1. The number of rotatable bonds is 5. The molecule has 4 heteroatoms. The number of nitrogens with one attached hydrogen (secondary N) is 1. The minimum atomic E-state index is -0.153. The molecule has 1 amide bonds. The Kier molecular flexibility index (Phi) is 4.87. The van der Waals surface area contributed by atoms with E-state index >= 15 is 0 Å². The van der Waals surface area contributed by atoms with E-state index in [1.165, 1.54) is 11.6 Å². The predicted molar refractivity (Wildman–Crippen MR) is 96.6 cm³/mol. The fourth-order valence-corrected chi connectivity index (χ4v) is 2.38. The molecule has 4 nitrogen and oxygen atoms in total. The number of nitrogens with zero attached hydrogens (tertiary/aromatic N) is 2. The smallest absolute Gasteiger partial charge is 0.248 e. The van der Waals surface area contributed by atoms with E-state index in [-0.39, 0.29) is 5.91 Å². The number of benzene rings is 2. The van der Waals surface area contributed by atoms with Crippen LogP contribution in [0.1, 0.15) is 16.7 Å². The van der Waals surface area contributed by atoms with E-state index in [9.17, 15) is 4.79 Å². The zero-order valence-electron chi connectivity index (χ0n) is 13.5. The van der Waals surface area contributed by atoms with Crippen molar-refractivity contribution in [1.29, 1.82) is 0 Å². The van der Waals surface area contributed by atoms with Gasteiger partial charge in [-0.15, -0.1) is 0 Å². The lowest BCUT2D eigenvalue weighted by Gasteiger charge is -2.04. The van der Waals surface area contributed by atoms with Gasteiger partial charge >= 0.3 is 0 Å². The lowest BCUT2D eigenvalue weighted by Crippen LogP contribution is -2.08. The Bertz CT molecular complexity index is 850. The van der Waals surface area contributed by atoms with Gasteiger partial charge in [0.1, 0.15) is 0 Å². The van der Waals surface area contributed by atoms with Crippen LogP contribution in [0, 0.1) is 6.92 Å². The van der Waals surface area contributed by atoms with Crippen LogP contribution in [0.15, 0.2) is 73.1 Å². The zero-order valence-corrected chi connectivity index (χ0v) is 13.5. The van der Waals surface area contributed by atoms with Crippen LogP contribution < -0.4 is 5.32 Å². The van der Waals surface area contributed by atoms with Crippen molar-refractivity contribution in [3.63, 3.8) is 0 Å². The third-order valence-corrected chi connectivity index (χ3v) is 3.67. The number of amides is 1. The molecule has 0 saturated heterocycles. The summed E-state index contributed by atoms with van der Waals surface area (Å²) in [6.07, 6.45) is 6.96. The Morgan fingerprint density at radius 2 is 1.88 bits per heavy atom. The number of para-hydroxylation sites is 1. The molecule has 0 atom stereocenters. The SMILES string of the molecule is Cc1ccccc1NC(=O)/C=C/c1cnn(Cc2ccccc2)c1. The van der Waals surface area contributed by atoms with Gasteiger partial charge in [0.2, 0.25) is 5.91 Å². The highest BCUT2D eigenvalue weighted by atomic mass is 16.1. The molecule has 0 aliphatic carbocycles. The molecular formula is C20H19N3O. The van der Waals surface area contributed by atoms with Crippen molar-refractivity contribution in [2.24, 2.45) is 0 Å². The molecule has 1 heterocycles. The van der Waals surface area contributed by atoms with E-state index < -0.39 is 0 Å². The molecule has 1 aromatic heterocycles. The Morgan fingerprint density at radius 1 is 1.12 bits per heavy atom. The van der Waals surface area contributed by atoms with Crippen LogP contribution in [0.3, 0.4) is 0 Å². The zero-order chi connectivity index (χ0) is 16.8. The summed E-state index contributed by atoms with van der Waals surface area (Å²) in [7, 11) is 0. The standard InChI is InChI=1S/C20H19N3O/c1-16-7-5-6-10-19(16)22-20(24)12-11-18-13-21-23(15-18)14-17-8-3-2-4-9-17/h2-13,15H,14H2,1H3,(H,22,24)/b12-11+. The van der Waals surface area contributed by atoms with Gasteiger partial charge in [0.15, 0.2) is 0 Å². The fourth-order valence-electron chi connectivity index (χ4n) is 2.38. The van der Waals surface area contributed by atoms with Crippen LogP contribution in [0.5, 0.6) is 0 Å². The lowest BCUT2D eigenvalue weighted by atomic mass is 10.2. The second-order valence-electron chi connectivity index (χ2n) is 5.59. The molecule has 3 aromatic rings. The molecule has 0 aliphatic rings. The highest BCUT2D eigenvalue weighted by Crippen LogP contribution is 2.13. The first-order valence-electron chi connectivity index (χ1n) is 7.82. The maximum Gasteiger partial charge on any atom is 0.248 e. The quantitative estimate of drug-likeness (QED) is 0.726.